The fraction of sp³-hybridized carbons (Fsp3) is 0.652. The summed E-state index contributed by atoms with van der Waals surface area (Å²) in [6.07, 6.45) is 4.04. The minimum Gasteiger partial charge on any atom is -0.369 e. The Morgan fingerprint density at radius 3 is 2.21 bits per heavy atom. The highest BCUT2D eigenvalue weighted by molar-refractivity contribution is 5.94. The second-order valence-corrected chi connectivity index (χ2v) is 8.88. The van der Waals surface area contributed by atoms with E-state index in [0.29, 0.717) is 12.6 Å². The lowest BCUT2D eigenvalue weighted by Crippen LogP contribution is -2.59. The van der Waals surface area contributed by atoms with Crippen molar-refractivity contribution in [2.45, 2.75) is 45.2 Å². The molecule has 1 unspecified atom stereocenters. The lowest BCUT2D eigenvalue weighted by molar-refractivity contribution is -0.137. The van der Waals surface area contributed by atoms with Crippen molar-refractivity contribution >= 4 is 17.4 Å². The number of carbonyl (C=O) groups is 2. The highest BCUT2D eigenvalue weighted by atomic mass is 16.2. The highest BCUT2D eigenvalue weighted by Crippen LogP contribution is 2.27. The van der Waals surface area contributed by atoms with Gasteiger partial charge in [0.2, 0.25) is 5.91 Å². The fourth-order valence-corrected chi connectivity index (χ4v) is 4.79. The molecule has 1 aromatic rings. The van der Waals surface area contributed by atoms with Crippen molar-refractivity contribution in [2.24, 2.45) is 0 Å². The number of anilines is 1. The third-order valence-electron chi connectivity index (χ3n) is 6.94. The number of rotatable bonds is 5. The van der Waals surface area contributed by atoms with Gasteiger partial charge in [-0.05, 0) is 51.0 Å². The normalized spacial score (nSPS) is 24.4. The number of hydrogen-bond donors (Lipinski definition) is 0. The summed E-state index contributed by atoms with van der Waals surface area (Å²) in [6.45, 7) is 10.9. The van der Waals surface area contributed by atoms with E-state index in [9.17, 15) is 9.59 Å². The molecular formula is C23H34N4O2. The minimum atomic E-state index is 0.0997. The molecular weight excluding hydrogens is 364 g/mol. The largest absolute Gasteiger partial charge is 0.369 e. The van der Waals surface area contributed by atoms with Gasteiger partial charge in [-0.2, -0.15) is 0 Å². The van der Waals surface area contributed by atoms with E-state index in [1.54, 1.807) is 6.92 Å². The first kappa shape index (κ1) is 20.4. The zero-order valence-electron chi connectivity index (χ0n) is 17.8. The van der Waals surface area contributed by atoms with E-state index < -0.39 is 0 Å². The van der Waals surface area contributed by atoms with Crippen molar-refractivity contribution in [3.8, 4) is 0 Å². The Morgan fingerprint density at radius 2 is 1.66 bits per heavy atom. The number of hydrogen-bond acceptors (Lipinski definition) is 5. The van der Waals surface area contributed by atoms with Gasteiger partial charge in [0.1, 0.15) is 0 Å². The first-order valence-corrected chi connectivity index (χ1v) is 11.1. The van der Waals surface area contributed by atoms with Crippen LogP contribution in [-0.2, 0) is 4.79 Å². The molecule has 2 saturated heterocycles. The fourth-order valence-electron chi connectivity index (χ4n) is 4.79. The average molecular weight is 399 g/mol. The molecule has 6 nitrogen and oxygen atoms in total. The summed E-state index contributed by atoms with van der Waals surface area (Å²) in [4.78, 5) is 33.7. The average Bonchev–Trinajstić information content (AvgIpc) is 2.67. The van der Waals surface area contributed by atoms with Crippen molar-refractivity contribution in [1.29, 1.82) is 0 Å². The molecule has 1 saturated carbocycles. The lowest BCUT2D eigenvalue weighted by atomic mass is 9.90. The van der Waals surface area contributed by atoms with Crippen LogP contribution in [-0.4, -0.2) is 90.8 Å². The second-order valence-electron chi connectivity index (χ2n) is 8.88. The molecule has 0 radical (unpaired) electrons. The maximum atomic E-state index is 12.9. The molecule has 3 fully saturated rings. The summed E-state index contributed by atoms with van der Waals surface area (Å²) in [5.74, 6) is 0.382. The Morgan fingerprint density at radius 1 is 0.966 bits per heavy atom. The predicted octanol–water partition coefficient (Wildman–Crippen LogP) is 2.10. The molecule has 4 rings (SSSR count). The van der Waals surface area contributed by atoms with Gasteiger partial charge in [-0.25, -0.2) is 0 Å². The first-order chi connectivity index (χ1) is 14.0. The van der Waals surface area contributed by atoms with Crippen LogP contribution in [0.1, 0.15) is 43.5 Å². The maximum absolute atomic E-state index is 12.9. The van der Waals surface area contributed by atoms with Gasteiger partial charge >= 0.3 is 0 Å². The van der Waals surface area contributed by atoms with Gasteiger partial charge in [0.05, 0.1) is 6.54 Å². The summed E-state index contributed by atoms with van der Waals surface area (Å²) in [5, 5.41) is 0. The van der Waals surface area contributed by atoms with Crippen molar-refractivity contribution in [3.05, 3.63) is 29.8 Å². The van der Waals surface area contributed by atoms with Gasteiger partial charge < -0.3 is 9.80 Å². The third kappa shape index (κ3) is 4.64. The van der Waals surface area contributed by atoms with E-state index in [1.165, 1.54) is 19.3 Å². The Bertz CT molecular complexity index is 723. The van der Waals surface area contributed by atoms with Crippen LogP contribution >= 0.6 is 0 Å². The van der Waals surface area contributed by atoms with E-state index in [1.807, 2.05) is 24.3 Å². The van der Waals surface area contributed by atoms with Crippen LogP contribution in [0.25, 0.3) is 0 Å². The van der Waals surface area contributed by atoms with Crippen molar-refractivity contribution in [1.82, 2.24) is 14.7 Å². The molecule has 1 atom stereocenters. The Kier molecular flexibility index (Phi) is 6.20. The highest BCUT2D eigenvalue weighted by Gasteiger charge is 2.33. The molecule has 29 heavy (non-hydrogen) atoms. The van der Waals surface area contributed by atoms with Crippen molar-refractivity contribution in [2.75, 3.05) is 57.3 Å². The predicted molar refractivity (Wildman–Crippen MR) is 115 cm³/mol. The van der Waals surface area contributed by atoms with Crippen LogP contribution in [0.4, 0.5) is 5.69 Å². The standard InChI is InChI=1S/C23H34N4O2/c1-18-16-26(21-4-3-5-21)14-15-27(18)23(29)17-24-10-12-25(13-11-24)22-8-6-20(7-9-22)19(2)28/h6-9,18,21H,3-5,10-17H2,1-2H3. The second kappa shape index (κ2) is 8.84. The van der Waals surface area contributed by atoms with Crippen molar-refractivity contribution in [3.63, 3.8) is 0 Å². The van der Waals surface area contributed by atoms with Crippen LogP contribution in [0.15, 0.2) is 24.3 Å². The van der Waals surface area contributed by atoms with E-state index in [0.717, 1.165) is 63.1 Å². The molecule has 1 aliphatic carbocycles. The number of amides is 1. The van der Waals surface area contributed by atoms with Gasteiger partial charge in [-0.15, -0.1) is 0 Å². The maximum Gasteiger partial charge on any atom is 0.237 e. The quantitative estimate of drug-likeness (QED) is 0.711. The zero-order chi connectivity index (χ0) is 20.4. The smallest absolute Gasteiger partial charge is 0.237 e. The molecule has 3 aliphatic rings. The number of nitrogens with zero attached hydrogens (tertiary/aromatic N) is 4. The van der Waals surface area contributed by atoms with E-state index in [2.05, 4.69) is 26.5 Å². The minimum absolute atomic E-state index is 0.0997. The number of carbonyl (C=O) groups excluding carboxylic acids is 2. The van der Waals surface area contributed by atoms with Crippen LogP contribution in [0.3, 0.4) is 0 Å². The SMILES string of the molecule is CC(=O)c1ccc(N2CCN(CC(=O)N3CCN(C4CCC4)CC3C)CC2)cc1. The Balaban J connectivity index is 1.24. The van der Waals surface area contributed by atoms with E-state index >= 15 is 0 Å². The van der Waals surface area contributed by atoms with E-state index in [-0.39, 0.29) is 11.7 Å². The third-order valence-corrected chi connectivity index (χ3v) is 6.94. The molecule has 6 heteroatoms. The van der Waals surface area contributed by atoms with Gasteiger partial charge in [-0.1, -0.05) is 6.42 Å². The molecule has 1 aromatic carbocycles. The molecule has 158 valence electrons. The first-order valence-electron chi connectivity index (χ1n) is 11.1. The lowest BCUT2D eigenvalue weighted by Gasteiger charge is -2.46. The van der Waals surface area contributed by atoms with Crippen LogP contribution < -0.4 is 4.90 Å². The Hall–Kier alpha value is -1.92. The van der Waals surface area contributed by atoms with Gasteiger partial charge in [-0.3, -0.25) is 19.4 Å². The van der Waals surface area contributed by atoms with Crippen LogP contribution in [0.5, 0.6) is 0 Å². The molecule has 2 aliphatic heterocycles. The molecule has 0 N–H and O–H groups in total. The summed E-state index contributed by atoms with van der Waals surface area (Å²) in [6, 6.07) is 8.95. The van der Waals surface area contributed by atoms with Crippen LogP contribution in [0.2, 0.25) is 0 Å². The van der Waals surface area contributed by atoms with Gasteiger partial charge in [0, 0.05) is 69.1 Å². The number of benzene rings is 1. The van der Waals surface area contributed by atoms with E-state index in [4.69, 9.17) is 0 Å². The van der Waals surface area contributed by atoms with Crippen molar-refractivity contribution < 1.29 is 9.59 Å². The van der Waals surface area contributed by atoms with Crippen LogP contribution in [0, 0.1) is 0 Å². The Labute approximate surface area is 174 Å². The molecule has 0 spiro atoms. The summed E-state index contributed by atoms with van der Waals surface area (Å²) < 4.78 is 0. The molecule has 0 aromatic heterocycles. The summed E-state index contributed by atoms with van der Waals surface area (Å²) in [7, 11) is 0. The number of Topliss-reactive ketones (excluding diaryl/α,β-unsaturated/α-hetero) is 1. The van der Waals surface area contributed by atoms with Gasteiger partial charge in [0.15, 0.2) is 5.78 Å². The summed E-state index contributed by atoms with van der Waals surface area (Å²) in [5.41, 5.74) is 1.91. The van der Waals surface area contributed by atoms with Gasteiger partial charge in [0.25, 0.3) is 0 Å². The molecule has 2 heterocycles. The topological polar surface area (TPSA) is 47.1 Å². The monoisotopic (exact) mass is 398 g/mol. The molecule has 1 amide bonds. The number of piperazine rings is 2. The number of ketones is 1. The zero-order valence-corrected chi connectivity index (χ0v) is 17.8. The molecule has 0 bridgehead atoms. The summed E-state index contributed by atoms with van der Waals surface area (Å²) >= 11 is 0.